The van der Waals surface area contributed by atoms with Crippen molar-refractivity contribution in [1.29, 1.82) is 0 Å². The van der Waals surface area contributed by atoms with E-state index in [0.29, 0.717) is 12.2 Å². The zero-order valence-corrected chi connectivity index (χ0v) is 8.26. The molecule has 0 aliphatic carbocycles. The molecule has 1 unspecified atom stereocenters. The lowest BCUT2D eigenvalue weighted by molar-refractivity contribution is -0.155. The predicted molar refractivity (Wildman–Crippen MR) is 49.4 cm³/mol. The third kappa shape index (κ3) is 2.84. The highest BCUT2D eigenvalue weighted by Gasteiger charge is 2.32. The summed E-state index contributed by atoms with van der Waals surface area (Å²) in [5.41, 5.74) is 0.384. The molecule has 74 valence electrons. The molecule has 0 saturated carbocycles. The maximum absolute atomic E-state index is 11.0. The van der Waals surface area contributed by atoms with Gasteiger partial charge in [0.25, 0.3) is 0 Å². The molecule has 0 bridgehead atoms. The average Bonchev–Trinajstić information content (AvgIpc) is 2.01. The van der Waals surface area contributed by atoms with Crippen LogP contribution in [-0.4, -0.2) is 24.8 Å². The Balaban J connectivity index is 2.13. The number of esters is 1. The van der Waals surface area contributed by atoms with Gasteiger partial charge in [0.2, 0.25) is 0 Å². The van der Waals surface area contributed by atoms with Gasteiger partial charge in [-0.15, -0.1) is 0 Å². The van der Waals surface area contributed by atoms with Crippen LogP contribution in [0.2, 0.25) is 0 Å². The van der Waals surface area contributed by atoms with Crippen LogP contribution in [0.15, 0.2) is 12.2 Å². The standard InChI is InChI=1S/C10H16O3/c1-8(2)9(11)12-6-4-10(3)5-7-13-10/h1,4-7H2,2-3H3. The third-order valence-electron chi connectivity index (χ3n) is 2.29. The van der Waals surface area contributed by atoms with Crippen molar-refractivity contribution in [3.8, 4) is 0 Å². The van der Waals surface area contributed by atoms with Gasteiger partial charge in [0.05, 0.1) is 18.8 Å². The molecule has 1 rings (SSSR count). The molecule has 0 amide bonds. The zero-order chi connectivity index (χ0) is 9.90. The number of rotatable bonds is 4. The second-order valence-corrected chi connectivity index (χ2v) is 3.71. The van der Waals surface area contributed by atoms with Gasteiger partial charge >= 0.3 is 5.97 Å². The lowest BCUT2D eigenvalue weighted by atomic mass is 9.94. The van der Waals surface area contributed by atoms with E-state index in [1.165, 1.54) is 0 Å². The number of hydrogen-bond donors (Lipinski definition) is 0. The van der Waals surface area contributed by atoms with Gasteiger partial charge in [0.1, 0.15) is 0 Å². The summed E-state index contributed by atoms with van der Waals surface area (Å²) >= 11 is 0. The Hall–Kier alpha value is -0.830. The maximum atomic E-state index is 11.0. The molecule has 0 radical (unpaired) electrons. The Morgan fingerprint density at radius 3 is 2.69 bits per heavy atom. The largest absolute Gasteiger partial charge is 0.462 e. The lowest BCUT2D eigenvalue weighted by Crippen LogP contribution is -2.41. The molecule has 0 aromatic heterocycles. The summed E-state index contributed by atoms with van der Waals surface area (Å²) in [5, 5.41) is 0. The van der Waals surface area contributed by atoms with Gasteiger partial charge in [0, 0.05) is 12.0 Å². The van der Waals surface area contributed by atoms with Gasteiger partial charge < -0.3 is 9.47 Å². The minimum absolute atomic E-state index is 0.0602. The summed E-state index contributed by atoms with van der Waals surface area (Å²) in [7, 11) is 0. The van der Waals surface area contributed by atoms with E-state index in [1.807, 2.05) is 6.92 Å². The van der Waals surface area contributed by atoms with E-state index in [-0.39, 0.29) is 11.6 Å². The van der Waals surface area contributed by atoms with E-state index in [1.54, 1.807) is 6.92 Å². The van der Waals surface area contributed by atoms with Crippen molar-refractivity contribution in [2.45, 2.75) is 32.3 Å². The van der Waals surface area contributed by atoms with Crippen LogP contribution in [0.5, 0.6) is 0 Å². The number of carbonyl (C=O) groups is 1. The molecule has 3 heteroatoms. The molecule has 1 saturated heterocycles. The van der Waals surface area contributed by atoms with Gasteiger partial charge in [-0.25, -0.2) is 4.79 Å². The molecule has 0 aromatic rings. The molecule has 1 aliphatic heterocycles. The Morgan fingerprint density at radius 1 is 1.69 bits per heavy atom. The van der Waals surface area contributed by atoms with Crippen molar-refractivity contribution in [2.75, 3.05) is 13.2 Å². The molecular formula is C10H16O3. The van der Waals surface area contributed by atoms with E-state index in [2.05, 4.69) is 6.58 Å². The molecule has 13 heavy (non-hydrogen) atoms. The van der Waals surface area contributed by atoms with E-state index in [0.717, 1.165) is 19.4 Å². The minimum Gasteiger partial charge on any atom is -0.462 e. The number of hydrogen-bond acceptors (Lipinski definition) is 3. The van der Waals surface area contributed by atoms with Gasteiger partial charge in [0.15, 0.2) is 0 Å². The average molecular weight is 184 g/mol. The quantitative estimate of drug-likeness (QED) is 0.492. The fourth-order valence-corrected chi connectivity index (χ4v) is 1.13. The summed E-state index contributed by atoms with van der Waals surface area (Å²) in [4.78, 5) is 11.0. The first kappa shape index (κ1) is 10.3. The second-order valence-electron chi connectivity index (χ2n) is 3.71. The Bertz CT molecular complexity index is 216. The van der Waals surface area contributed by atoms with Crippen LogP contribution in [0.4, 0.5) is 0 Å². The highest BCUT2D eigenvalue weighted by molar-refractivity contribution is 5.86. The lowest BCUT2D eigenvalue weighted by Gasteiger charge is -2.38. The smallest absolute Gasteiger partial charge is 0.333 e. The van der Waals surface area contributed by atoms with Crippen LogP contribution in [0.1, 0.15) is 26.7 Å². The summed E-state index contributed by atoms with van der Waals surface area (Å²) < 4.78 is 10.3. The molecule has 3 nitrogen and oxygen atoms in total. The topological polar surface area (TPSA) is 35.5 Å². The first-order chi connectivity index (χ1) is 6.03. The highest BCUT2D eigenvalue weighted by Crippen LogP contribution is 2.28. The van der Waals surface area contributed by atoms with Crippen LogP contribution < -0.4 is 0 Å². The fourth-order valence-electron chi connectivity index (χ4n) is 1.13. The molecule has 1 aliphatic rings. The van der Waals surface area contributed by atoms with Crippen LogP contribution in [0, 0.1) is 0 Å². The van der Waals surface area contributed by atoms with E-state index < -0.39 is 0 Å². The fraction of sp³-hybridized carbons (Fsp3) is 0.700. The van der Waals surface area contributed by atoms with E-state index >= 15 is 0 Å². The number of ether oxygens (including phenoxy) is 2. The van der Waals surface area contributed by atoms with Crippen LogP contribution >= 0.6 is 0 Å². The third-order valence-corrected chi connectivity index (χ3v) is 2.29. The van der Waals surface area contributed by atoms with Crippen molar-refractivity contribution >= 4 is 5.97 Å². The predicted octanol–water partition coefficient (Wildman–Crippen LogP) is 1.67. The summed E-state index contributed by atoms with van der Waals surface area (Å²) in [6.07, 6.45) is 1.82. The summed E-state index contributed by atoms with van der Waals surface area (Å²) in [6.45, 7) is 8.42. The van der Waals surface area contributed by atoms with Crippen molar-refractivity contribution < 1.29 is 14.3 Å². The molecule has 1 heterocycles. The highest BCUT2D eigenvalue weighted by atomic mass is 16.5. The first-order valence-corrected chi connectivity index (χ1v) is 4.50. The van der Waals surface area contributed by atoms with Crippen molar-refractivity contribution in [3.05, 3.63) is 12.2 Å². The monoisotopic (exact) mass is 184 g/mol. The van der Waals surface area contributed by atoms with E-state index in [9.17, 15) is 4.79 Å². The Kier molecular flexibility index (Phi) is 3.09. The van der Waals surface area contributed by atoms with Crippen molar-refractivity contribution in [1.82, 2.24) is 0 Å². The summed E-state index contributed by atoms with van der Waals surface area (Å²) in [5.74, 6) is -0.317. The molecule has 0 aromatic carbocycles. The second kappa shape index (κ2) is 3.92. The molecule has 0 N–H and O–H groups in total. The zero-order valence-electron chi connectivity index (χ0n) is 8.26. The van der Waals surface area contributed by atoms with Gasteiger partial charge in [-0.3, -0.25) is 0 Å². The molecule has 1 fully saturated rings. The van der Waals surface area contributed by atoms with Crippen molar-refractivity contribution in [3.63, 3.8) is 0 Å². The van der Waals surface area contributed by atoms with Crippen molar-refractivity contribution in [2.24, 2.45) is 0 Å². The number of carbonyl (C=O) groups excluding carboxylic acids is 1. The molecule has 0 spiro atoms. The normalized spacial score (nSPS) is 26.3. The van der Waals surface area contributed by atoms with E-state index in [4.69, 9.17) is 9.47 Å². The SMILES string of the molecule is C=C(C)C(=O)OCCC1(C)CCO1. The van der Waals surface area contributed by atoms with Crippen LogP contribution in [0.3, 0.4) is 0 Å². The maximum Gasteiger partial charge on any atom is 0.333 e. The van der Waals surface area contributed by atoms with Crippen LogP contribution in [0.25, 0.3) is 0 Å². The first-order valence-electron chi connectivity index (χ1n) is 4.50. The minimum atomic E-state index is -0.317. The summed E-state index contributed by atoms with van der Waals surface area (Å²) in [6, 6.07) is 0. The van der Waals surface area contributed by atoms with Gasteiger partial charge in [-0.1, -0.05) is 6.58 Å². The van der Waals surface area contributed by atoms with Gasteiger partial charge in [-0.2, -0.15) is 0 Å². The Morgan fingerprint density at radius 2 is 2.31 bits per heavy atom. The van der Waals surface area contributed by atoms with Gasteiger partial charge in [-0.05, 0) is 20.3 Å². The molecule has 1 atom stereocenters. The molecular weight excluding hydrogens is 168 g/mol. The van der Waals surface area contributed by atoms with Crippen LogP contribution in [-0.2, 0) is 14.3 Å². The Labute approximate surface area is 78.7 Å².